The van der Waals surface area contributed by atoms with Gasteiger partial charge >= 0.3 is 12.0 Å². The first-order chi connectivity index (χ1) is 21.6. The number of nitrogens with two attached hydrogens (primary N) is 1. The van der Waals surface area contributed by atoms with E-state index in [1.54, 1.807) is 30.3 Å². The molecule has 0 saturated carbocycles. The number of carbonyl (C=O) groups is 4. The lowest BCUT2D eigenvalue weighted by Crippen LogP contribution is -2.49. The Morgan fingerprint density at radius 2 is 1.76 bits per heavy atom. The van der Waals surface area contributed by atoms with Gasteiger partial charge in [0.05, 0.1) is 18.4 Å². The van der Waals surface area contributed by atoms with Crippen molar-refractivity contribution in [2.24, 2.45) is 5.73 Å². The molecule has 0 aliphatic carbocycles. The van der Waals surface area contributed by atoms with Gasteiger partial charge in [-0.25, -0.2) is 9.69 Å². The van der Waals surface area contributed by atoms with Gasteiger partial charge in [0, 0.05) is 32.2 Å². The van der Waals surface area contributed by atoms with Gasteiger partial charge < -0.3 is 35.8 Å². The van der Waals surface area contributed by atoms with Crippen LogP contribution in [0.15, 0.2) is 42.5 Å². The number of benzene rings is 2. The van der Waals surface area contributed by atoms with E-state index in [4.69, 9.17) is 15.2 Å². The minimum atomic E-state index is -1.66. The zero-order chi connectivity index (χ0) is 32.8. The van der Waals surface area contributed by atoms with Gasteiger partial charge in [0.2, 0.25) is 0 Å². The van der Waals surface area contributed by atoms with E-state index in [1.165, 1.54) is 6.07 Å². The van der Waals surface area contributed by atoms with Gasteiger partial charge in [-0.2, -0.15) is 0 Å². The van der Waals surface area contributed by atoms with E-state index in [1.807, 2.05) is 6.07 Å². The molecule has 13 heteroatoms. The normalized spacial score (nSPS) is 14.6. The van der Waals surface area contributed by atoms with Crippen molar-refractivity contribution in [2.75, 3.05) is 37.7 Å². The molecule has 246 valence electrons. The molecule has 1 aliphatic rings. The lowest BCUT2D eigenvalue weighted by atomic mass is 10.1. The summed E-state index contributed by atoms with van der Waals surface area (Å²) in [6.07, 6.45) is 4.10. The highest BCUT2D eigenvalue weighted by Gasteiger charge is 2.44. The molecule has 3 rings (SSSR count). The second-order valence-corrected chi connectivity index (χ2v) is 10.9. The van der Waals surface area contributed by atoms with Crippen LogP contribution in [0.4, 0.5) is 10.5 Å². The molecule has 0 spiro atoms. The van der Waals surface area contributed by atoms with E-state index >= 15 is 0 Å². The van der Waals surface area contributed by atoms with E-state index < -0.39 is 42.7 Å². The number of aliphatic hydroxyl groups excluding tert-OH is 2. The van der Waals surface area contributed by atoms with E-state index in [-0.39, 0.29) is 12.4 Å². The monoisotopic (exact) mass is 628 g/mol. The number of hydrogen-bond acceptors (Lipinski definition) is 10. The average molecular weight is 629 g/mol. The summed E-state index contributed by atoms with van der Waals surface area (Å²) in [6, 6.07) is 11.0. The summed E-state index contributed by atoms with van der Waals surface area (Å²) >= 11 is 0. The van der Waals surface area contributed by atoms with Crippen LogP contribution in [-0.4, -0.2) is 83.1 Å². The molecule has 0 aromatic heterocycles. The molecule has 45 heavy (non-hydrogen) atoms. The predicted molar refractivity (Wildman–Crippen MR) is 165 cm³/mol. The van der Waals surface area contributed by atoms with Crippen LogP contribution in [0.2, 0.25) is 0 Å². The molecule has 6 N–H and O–H groups in total. The molecular formula is C32H44N4O9. The highest BCUT2D eigenvalue weighted by molar-refractivity contribution is 6.20. The van der Waals surface area contributed by atoms with Gasteiger partial charge in [0.25, 0.3) is 18.0 Å². The highest BCUT2D eigenvalue weighted by atomic mass is 16.6. The van der Waals surface area contributed by atoms with Gasteiger partial charge in [-0.05, 0) is 74.0 Å². The number of nitrogens with one attached hydrogen (secondary N) is 1. The molecule has 2 unspecified atom stereocenters. The third-order valence-corrected chi connectivity index (χ3v) is 7.36. The number of amides is 4. The number of aromatic hydroxyl groups is 1. The second kappa shape index (κ2) is 18.1. The summed E-state index contributed by atoms with van der Waals surface area (Å²) in [5.74, 6) is -2.38. The fourth-order valence-electron chi connectivity index (χ4n) is 4.98. The number of unbranched alkanes of at least 4 members (excludes halogenated alkanes) is 4. The van der Waals surface area contributed by atoms with Crippen molar-refractivity contribution in [1.82, 2.24) is 10.2 Å². The first kappa shape index (κ1) is 35.4. The Balaban J connectivity index is 1.26. The average Bonchev–Trinajstić information content (AvgIpc) is 3.31. The molecule has 1 saturated heterocycles. The Morgan fingerprint density at radius 1 is 1.02 bits per heavy atom. The number of nitrogens with zero attached hydrogens (tertiary/aromatic N) is 2. The number of rotatable bonds is 20. The van der Waals surface area contributed by atoms with Crippen molar-refractivity contribution >= 4 is 29.5 Å². The number of carbonyl (C=O) groups excluding carboxylic acids is 4. The van der Waals surface area contributed by atoms with E-state index in [9.17, 15) is 34.5 Å². The van der Waals surface area contributed by atoms with Crippen LogP contribution in [-0.2, 0) is 36.9 Å². The number of aryl methyl sites for hydroxylation is 1. The smallest absolute Gasteiger partial charge is 0.335 e. The summed E-state index contributed by atoms with van der Waals surface area (Å²) < 4.78 is 10.6. The second-order valence-electron chi connectivity index (χ2n) is 10.9. The minimum Gasteiger partial charge on any atom is -0.508 e. The van der Waals surface area contributed by atoms with Crippen LogP contribution in [0.25, 0.3) is 0 Å². The highest BCUT2D eigenvalue weighted by Crippen LogP contribution is 2.25. The van der Waals surface area contributed by atoms with Crippen LogP contribution >= 0.6 is 0 Å². The Hall–Kier alpha value is -4.04. The molecule has 2 aromatic rings. The van der Waals surface area contributed by atoms with Crippen molar-refractivity contribution in [2.45, 2.75) is 70.8 Å². The summed E-state index contributed by atoms with van der Waals surface area (Å²) in [7, 11) is 0. The number of hydrogen-bond donors (Lipinski definition) is 5. The van der Waals surface area contributed by atoms with Crippen LogP contribution in [0.1, 0.15) is 68.2 Å². The molecule has 13 nitrogen and oxygen atoms in total. The van der Waals surface area contributed by atoms with Gasteiger partial charge in [-0.1, -0.05) is 31.0 Å². The fraction of sp³-hybridized carbons (Fsp3) is 0.500. The molecule has 0 radical (unpaired) electrons. The van der Waals surface area contributed by atoms with Crippen molar-refractivity contribution in [3.63, 3.8) is 0 Å². The number of urea groups is 1. The number of ether oxygens (including phenoxy) is 2. The number of anilines is 1. The number of esters is 1. The van der Waals surface area contributed by atoms with Gasteiger partial charge in [0.1, 0.15) is 12.3 Å². The van der Waals surface area contributed by atoms with Crippen molar-refractivity contribution in [3.8, 4) is 5.75 Å². The standard InChI is InChI=1S/C32H44N4O9/c1-22(38)45-31(30(33)42)35-20-29(41)36(32(35)43)26-11-8-10-23(17-26)9-4-7-16-44-15-6-3-2-5-14-34-19-28(40)24-12-13-27(39)25(18-24)21-37/h8,10-13,17-18,28,31,34,37,39-40H,2-7,9,14-16,19-21H2,1H3,(H2,33,42). The topological polar surface area (TPSA) is 192 Å². The maximum Gasteiger partial charge on any atom is 0.335 e. The molecule has 4 amide bonds. The minimum absolute atomic E-state index is 0.0146. The van der Waals surface area contributed by atoms with Gasteiger partial charge in [0.15, 0.2) is 0 Å². The van der Waals surface area contributed by atoms with E-state index in [2.05, 4.69) is 5.32 Å². The van der Waals surface area contributed by atoms with Gasteiger partial charge in [-0.15, -0.1) is 0 Å². The summed E-state index contributed by atoms with van der Waals surface area (Å²) in [6.45, 7) is 2.87. The third-order valence-electron chi connectivity index (χ3n) is 7.36. The van der Waals surface area contributed by atoms with Crippen LogP contribution in [0, 0.1) is 0 Å². The number of aliphatic hydroxyl groups is 2. The number of primary amides is 1. The lowest BCUT2D eigenvalue weighted by molar-refractivity contribution is -0.161. The van der Waals surface area contributed by atoms with E-state index in [0.717, 1.165) is 73.8 Å². The summed E-state index contributed by atoms with van der Waals surface area (Å²) in [5, 5.41) is 32.4. The zero-order valence-corrected chi connectivity index (χ0v) is 25.7. The molecule has 1 fully saturated rings. The zero-order valence-electron chi connectivity index (χ0n) is 25.7. The molecule has 2 aromatic carbocycles. The number of phenols is 1. The first-order valence-electron chi connectivity index (χ1n) is 15.2. The van der Waals surface area contributed by atoms with Gasteiger partial charge in [-0.3, -0.25) is 19.3 Å². The predicted octanol–water partition coefficient (Wildman–Crippen LogP) is 2.25. The Kier molecular flexibility index (Phi) is 14.2. The summed E-state index contributed by atoms with van der Waals surface area (Å²) in [4.78, 5) is 50.4. The Morgan fingerprint density at radius 3 is 2.47 bits per heavy atom. The van der Waals surface area contributed by atoms with Crippen molar-refractivity contribution in [1.29, 1.82) is 0 Å². The Bertz CT molecular complexity index is 1310. The quantitative estimate of drug-likeness (QED) is 0.0825. The van der Waals surface area contributed by atoms with Crippen LogP contribution < -0.4 is 16.0 Å². The van der Waals surface area contributed by atoms with E-state index in [0.29, 0.717) is 36.6 Å². The third kappa shape index (κ3) is 10.8. The maximum atomic E-state index is 12.9. The van der Waals surface area contributed by atoms with Crippen molar-refractivity contribution < 1.29 is 44.0 Å². The maximum absolute atomic E-state index is 12.9. The molecular weight excluding hydrogens is 584 g/mol. The van der Waals surface area contributed by atoms with Crippen LogP contribution in [0.3, 0.4) is 0 Å². The lowest BCUT2D eigenvalue weighted by Gasteiger charge is -2.23. The molecule has 1 heterocycles. The first-order valence-corrected chi connectivity index (χ1v) is 15.2. The molecule has 1 aliphatic heterocycles. The number of imide groups is 1. The van der Waals surface area contributed by atoms with Crippen molar-refractivity contribution in [3.05, 3.63) is 59.2 Å². The van der Waals surface area contributed by atoms with Crippen LogP contribution in [0.5, 0.6) is 5.75 Å². The fourth-order valence-corrected chi connectivity index (χ4v) is 4.98. The molecule has 2 atom stereocenters. The summed E-state index contributed by atoms with van der Waals surface area (Å²) in [5.41, 5.74) is 7.63. The molecule has 0 bridgehead atoms. The SMILES string of the molecule is CC(=O)OC(C(N)=O)N1CC(=O)N(c2cccc(CCCCOCCCCCCNCC(O)c3ccc(O)c(CO)c3)c2)C1=O. The Labute approximate surface area is 262 Å². The largest absolute Gasteiger partial charge is 0.508 e.